The lowest BCUT2D eigenvalue weighted by Crippen LogP contribution is -2.36. The Balaban J connectivity index is 2.43. The van der Waals surface area contributed by atoms with Gasteiger partial charge in [-0.25, -0.2) is 12.7 Å². The van der Waals surface area contributed by atoms with Gasteiger partial charge in [0.15, 0.2) is 0 Å². The summed E-state index contributed by atoms with van der Waals surface area (Å²) in [6.45, 7) is 5.02. The summed E-state index contributed by atoms with van der Waals surface area (Å²) in [6.07, 6.45) is 1.35. The highest BCUT2D eigenvalue weighted by atomic mass is 32.2. The average molecular weight is 312 g/mol. The Morgan fingerprint density at radius 3 is 2.38 bits per heavy atom. The van der Waals surface area contributed by atoms with Crippen LogP contribution < -0.4 is 5.32 Å². The van der Waals surface area contributed by atoms with E-state index in [0.29, 0.717) is 13.1 Å². The van der Waals surface area contributed by atoms with Gasteiger partial charge in [0.2, 0.25) is 15.9 Å². The summed E-state index contributed by atoms with van der Waals surface area (Å²) >= 11 is 0. The summed E-state index contributed by atoms with van der Waals surface area (Å²) in [5.74, 6) is 0.0864. The molecule has 118 valence electrons. The molecule has 0 aromatic heterocycles. The summed E-state index contributed by atoms with van der Waals surface area (Å²) < 4.78 is 24.7. The number of rotatable bonds is 8. The van der Waals surface area contributed by atoms with Crippen LogP contribution in [0.15, 0.2) is 30.3 Å². The van der Waals surface area contributed by atoms with Crippen molar-refractivity contribution in [2.75, 3.05) is 19.3 Å². The van der Waals surface area contributed by atoms with Crippen molar-refractivity contribution >= 4 is 15.9 Å². The van der Waals surface area contributed by atoms with Crippen LogP contribution in [0.5, 0.6) is 0 Å². The van der Waals surface area contributed by atoms with Crippen LogP contribution in [-0.2, 0) is 21.4 Å². The molecule has 1 aromatic carbocycles. The molecule has 0 aliphatic carbocycles. The summed E-state index contributed by atoms with van der Waals surface area (Å²) in [6, 6.07) is 9.61. The normalized spacial score (nSPS) is 11.9. The topological polar surface area (TPSA) is 66.5 Å². The lowest BCUT2D eigenvalue weighted by molar-refractivity contribution is -0.121. The lowest BCUT2D eigenvalue weighted by atomic mass is 10.2. The van der Waals surface area contributed by atoms with Crippen LogP contribution in [-0.4, -0.2) is 38.0 Å². The first-order valence-electron chi connectivity index (χ1n) is 7.05. The Morgan fingerprint density at radius 1 is 1.24 bits per heavy atom. The van der Waals surface area contributed by atoms with Gasteiger partial charge in [-0.15, -0.1) is 0 Å². The summed E-state index contributed by atoms with van der Waals surface area (Å²) in [5.41, 5.74) is 1.02. The predicted molar refractivity (Wildman–Crippen MR) is 84.2 cm³/mol. The van der Waals surface area contributed by atoms with Crippen molar-refractivity contribution in [2.24, 2.45) is 5.92 Å². The van der Waals surface area contributed by atoms with Crippen LogP contribution in [0.2, 0.25) is 0 Å². The molecule has 1 N–H and O–H groups in total. The molecule has 1 amide bonds. The molecule has 1 aromatic rings. The van der Waals surface area contributed by atoms with E-state index in [9.17, 15) is 13.2 Å². The third kappa shape index (κ3) is 7.24. The fourth-order valence-corrected chi connectivity index (χ4v) is 2.90. The molecule has 0 radical (unpaired) electrons. The van der Waals surface area contributed by atoms with Gasteiger partial charge < -0.3 is 5.32 Å². The number of hydrogen-bond donors (Lipinski definition) is 1. The monoisotopic (exact) mass is 312 g/mol. The Labute approximate surface area is 127 Å². The summed E-state index contributed by atoms with van der Waals surface area (Å²) in [5, 5.41) is 2.80. The maximum absolute atomic E-state index is 11.8. The van der Waals surface area contributed by atoms with E-state index < -0.39 is 10.0 Å². The molecule has 0 bridgehead atoms. The van der Waals surface area contributed by atoms with Gasteiger partial charge >= 0.3 is 0 Å². The molecular formula is C15H24N2O3S. The Morgan fingerprint density at radius 2 is 1.86 bits per heavy atom. The summed E-state index contributed by atoms with van der Waals surface area (Å²) in [7, 11) is -3.27. The fraction of sp³-hybridized carbons (Fsp3) is 0.533. The van der Waals surface area contributed by atoms with Crippen molar-refractivity contribution in [3.63, 3.8) is 0 Å². The van der Waals surface area contributed by atoms with Gasteiger partial charge in [0.25, 0.3) is 0 Å². The Kier molecular flexibility index (Phi) is 6.84. The molecule has 0 heterocycles. The van der Waals surface area contributed by atoms with E-state index >= 15 is 0 Å². The molecule has 21 heavy (non-hydrogen) atoms. The second-order valence-electron chi connectivity index (χ2n) is 5.53. The number of carbonyl (C=O) groups is 1. The van der Waals surface area contributed by atoms with E-state index in [4.69, 9.17) is 0 Å². The van der Waals surface area contributed by atoms with Gasteiger partial charge in [-0.05, 0) is 11.5 Å². The van der Waals surface area contributed by atoms with E-state index in [0.717, 1.165) is 5.56 Å². The van der Waals surface area contributed by atoms with Crippen LogP contribution in [0.3, 0.4) is 0 Å². The number of carbonyl (C=O) groups excluding carboxylic acids is 1. The molecule has 0 saturated heterocycles. The maximum Gasteiger partial charge on any atom is 0.221 e. The zero-order valence-electron chi connectivity index (χ0n) is 12.9. The van der Waals surface area contributed by atoms with Gasteiger partial charge in [-0.2, -0.15) is 0 Å². The minimum Gasteiger partial charge on any atom is -0.352 e. The smallest absolute Gasteiger partial charge is 0.221 e. The van der Waals surface area contributed by atoms with Gasteiger partial charge in [0.05, 0.1) is 6.26 Å². The van der Waals surface area contributed by atoms with Crippen LogP contribution >= 0.6 is 0 Å². The van der Waals surface area contributed by atoms with Crippen molar-refractivity contribution in [1.82, 2.24) is 9.62 Å². The van der Waals surface area contributed by atoms with E-state index in [2.05, 4.69) is 5.32 Å². The SMILES string of the molecule is CC(C)CN(CCC(=O)NCc1ccccc1)S(C)(=O)=O. The molecule has 0 spiro atoms. The molecule has 1 rings (SSSR count). The molecule has 6 heteroatoms. The maximum atomic E-state index is 11.8. The number of benzene rings is 1. The molecule has 0 aliphatic heterocycles. The summed E-state index contributed by atoms with van der Waals surface area (Å²) in [4.78, 5) is 11.8. The van der Waals surface area contributed by atoms with Crippen LogP contribution in [0.1, 0.15) is 25.8 Å². The van der Waals surface area contributed by atoms with E-state index in [-0.39, 0.29) is 24.8 Å². The van der Waals surface area contributed by atoms with Gasteiger partial charge in [0, 0.05) is 26.1 Å². The van der Waals surface area contributed by atoms with Crippen LogP contribution in [0.4, 0.5) is 0 Å². The quantitative estimate of drug-likeness (QED) is 0.793. The zero-order chi connectivity index (χ0) is 15.9. The lowest BCUT2D eigenvalue weighted by Gasteiger charge is -2.21. The first-order chi connectivity index (χ1) is 9.79. The number of hydrogen-bond acceptors (Lipinski definition) is 3. The van der Waals surface area contributed by atoms with Crippen molar-refractivity contribution in [3.05, 3.63) is 35.9 Å². The van der Waals surface area contributed by atoms with Crippen molar-refractivity contribution in [2.45, 2.75) is 26.8 Å². The molecular weight excluding hydrogens is 288 g/mol. The second kappa shape index (κ2) is 8.14. The van der Waals surface area contributed by atoms with Gasteiger partial charge in [0.1, 0.15) is 0 Å². The minimum absolute atomic E-state index is 0.142. The van der Waals surface area contributed by atoms with E-state index in [1.165, 1.54) is 10.6 Å². The Hall–Kier alpha value is -1.40. The van der Waals surface area contributed by atoms with Crippen molar-refractivity contribution < 1.29 is 13.2 Å². The molecule has 0 saturated carbocycles. The first kappa shape index (κ1) is 17.7. The fourth-order valence-electron chi connectivity index (χ4n) is 1.91. The number of nitrogens with one attached hydrogen (secondary N) is 1. The van der Waals surface area contributed by atoms with Crippen LogP contribution in [0, 0.1) is 5.92 Å². The molecule has 5 nitrogen and oxygen atoms in total. The standard InChI is InChI=1S/C15H24N2O3S/c1-13(2)12-17(21(3,19)20)10-9-15(18)16-11-14-7-5-4-6-8-14/h4-8,13H,9-12H2,1-3H3,(H,16,18). The molecule has 0 fully saturated rings. The third-order valence-corrected chi connectivity index (χ3v) is 4.23. The zero-order valence-corrected chi connectivity index (χ0v) is 13.7. The number of sulfonamides is 1. The minimum atomic E-state index is -3.27. The second-order valence-corrected chi connectivity index (χ2v) is 7.51. The molecule has 0 atom stereocenters. The highest BCUT2D eigenvalue weighted by molar-refractivity contribution is 7.88. The number of amides is 1. The average Bonchev–Trinajstić information content (AvgIpc) is 2.40. The van der Waals surface area contributed by atoms with Crippen LogP contribution in [0.25, 0.3) is 0 Å². The van der Waals surface area contributed by atoms with E-state index in [1.807, 2.05) is 44.2 Å². The first-order valence-corrected chi connectivity index (χ1v) is 8.89. The van der Waals surface area contributed by atoms with Gasteiger partial charge in [-0.3, -0.25) is 4.79 Å². The predicted octanol–water partition coefficient (Wildman–Crippen LogP) is 1.61. The largest absolute Gasteiger partial charge is 0.352 e. The van der Waals surface area contributed by atoms with Crippen molar-refractivity contribution in [3.8, 4) is 0 Å². The Bertz CT molecular complexity index is 541. The third-order valence-electron chi connectivity index (χ3n) is 2.96. The van der Waals surface area contributed by atoms with Gasteiger partial charge in [-0.1, -0.05) is 44.2 Å². The number of nitrogens with zero attached hydrogens (tertiary/aromatic N) is 1. The van der Waals surface area contributed by atoms with E-state index in [1.54, 1.807) is 0 Å². The highest BCUT2D eigenvalue weighted by Gasteiger charge is 2.18. The highest BCUT2D eigenvalue weighted by Crippen LogP contribution is 2.05. The molecule has 0 aliphatic rings. The van der Waals surface area contributed by atoms with Crippen molar-refractivity contribution in [1.29, 1.82) is 0 Å². The molecule has 0 unspecified atom stereocenters.